The predicted octanol–water partition coefficient (Wildman–Crippen LogP) is 2.66. The molecule has 1 aromatic heterocycles. The number of fused-ring (bicyclic) bond motifs is 1. The molecule has 15 heavy (non-hydrogen) atoms. The van der Waals surface area contributed by atoms with Gasteiger partial charge in [0.2, 0.25) is 0 Å². The summed E-state index contributed by atoms with van der Waals surface area (Å²) >= 11 is 0. The molecule has 0 bridgehead atoms. The van der Waals surface area contributed by atoms with Crippen LogP contribution in [0.25, 0.3) is 17.0 Å². The van der Waals surface area contributed by atoms with E-state index in [1.807, 2.05) is 30.5 Å². The first-order valence-corrected chi connectivity index (χ1v) is 4.65. The van der Waals surface area contributed by atoms with Crippen molar-refractivity contribution in [1.82, 2.24) is 4.98 Å². The molecule has 0 saturated carbocycles. The molecule has 0 fully saturated rings. The lowest BCUT2D eigenvalue weighted by molar-refractivity contribution is -0.132. The zero-order valence-corrected chi connectivity index (χ0v) is 8.32. The summed E-state index contributed by atoms with van der Waals surface area (Å²) in [4.78, 5) is 13.7. The molecule has 0 atom stereocenters. The van der Waals surface area contributed by atoms with Crippen molar-refractivity contribution in [3.05, 3.63) is 41.6 Å². The third-order valence-electron chi connectivity index (χ3n) is 2.30. The molecule has 0 radical (unpaired) electrons. The number of rotatable bonds is 2. The number of H-pyrrole nitrogens is 1. The Kier molecular flexibility index (Phi) is 2.29. The van der Waals surface area contributed by atoms with Crippen molar-refractivity contribution in [2.75, 3.05) is 0 Å². The summed E-state index contributed by atoms with van der Waals surface area (Å²) in [7, 11) is 0. The summed E-state index contributed by atoms with van der Waals surface area (Å²) in [5.74, 6) is -0.887. The first-order chi connectivity index (χ1) is 7.16. The molecule has 0 saturated heterocycles. The number of aromatic nitrogens is 1. The van der Waals surface area contributed by atoms with Gasteiger partial charge in [0.05, 0.1) is 0 Å². The molecule has 1 heterocycles. The Labute approximate surface area is 87.0 Å². The van der Waals surface area contributed by atoms with Crippen molar-refractivity contribution in [2.24, 2.45) is 0 Å². The fourth-order valence-electron chi connectivity index (χ4n) is 1.47. The second kappa shape index (κ2) is 3.61. The molecule has 3 nitrogen and oxygen atoms in total. The molecule has 1 aromatic carbocycles. The number of benzene rings is 1. The van der Waals surface area contributed by atoms with Crippen LogP contribution in [0.3, 0.4) is 0 Å². The van der Waals surface area contributed by atoms with Crippen LogP contribution in [0.2, 0.25) is 0 Å². The summed E-state index contributed by atoms with van der Waals surface area (Å²) in [6.07, 6.45) is 3.52. The van der Waals surface area contributed by atoms with Gasteiger partial charge in [-0.05, 0) is 36.1 Å². The second-order valence-electron chi connectivity index (χ2n) is 3.46. The summed E-state index contributed by atoms with van der Waals surface area (Å²) in [5, 5.41) is 9.87. The van der Waals surface area contributed by atoms with E-state index in [0.717, 1.165) is 16.5 Å². The average Bonchev–Trinajstić information content (AvgIpc) is 2.64. The minimum atomic E-state index is -0.887. The predicted molar refractivity (Wildman–Crippen MR) is 59.6 cm³/mol. The fourth-order valence-corrected chi connectivity index (χ4v) is 1.47. The third-order valence-corrected chi connectivity index (χ3v) is 2.30. The van der Waals surface area contributed by atoms with Crippen LogP contribution in [-0.2, 0) is 4.79 Å². The normalized spacial score (nSPS) is 11.9. The summed E-state index contributed by atoms with van der Waals surface area (Å²) in [5.41, 5.74) is 2.24. The standard InChI is InChI=1S/C12H11NO2/c1-8(12(14)15)6-9-2-3-10-4-5-13-11(10)7-9/h2-7,13H,1H3,(H,14,15)/b8-6+. The maximum Gasteiger partial charge on any atom is 0.331 e. The molecule has 0 unspecified atom stereocenters. The van der Waals surface area contributed by atoms with E-state index < -0.39 is 5.97 Å². The summed E-state index contributed by atoms with van der Waals surface area (Å²) in [6, 6.07) is 7.78. The number of hydrogen-bond donors (Lipinski definition) is 2. The van der Waals surface area contributed by atoms with E-state index >= 15 is 0 Å². The van der Waals surface area contributed by atoms with Crippen LogP contribution in [0.1, 0.15) is 12.5 Å². The van der Waals surface area contributed by atoms with Crippen LogP contribution >= 0.6 is 0 Å². The zero-order chi connectivity index (χ0) is 10.8. The van der Waals surface area contributed by atoms with Gasteiger partial charge in [0.25, 0.3) is 0 Å². The smallest absolute Gasteiger partial charge is 0.331 e. The zero-order valence-electron chi connectivity index (χ0n) is 8.32. The van der Waals surface area contributed by atoms with Crippen molar-refractivity contribution in [3.8, 4) is 0 Å². The Morgan fingerprint density at radius 1 is 1.40 bits per heavy atom. The molecule has 2 rings (SSSR count). The Bertz CT molecular complexity index is 537. The fraction of sp³-hybridized carbons (Fsp3) is 0.0833. The van der Waals surface area contributed by atoms with Crippen molar-refractivity contribution >= 4 is 22.9 Å². The average molecular weight is 201 g/mol. The number of carboxylic acid groups (broad SMARTS) is 1. The molecular weight excluding hydrogens is 190 g/mol. The Hall–Kier alpha value is -2.03. The molecule has 2 aromatic rings. The molecule has 3 heteroatoms. The van der Waals surface area contributed by atoms with Crippen molar-refractivity contribution < 1.29 is 9.90 Å². The SMILES string of the molecule is C/C(=C\c1ccc2cc[nH]c2c1)C(=O)O. The lowest BCUT2D eigenvalue weighted by Crippen LogP contribution is -1.95. The topological polar surface area (TPSA) is 53.1 Å². The maximum absolute atomic E-state index is 10.6. The first-order valence-electron chi connectivity index (χ1n) is 4.65. The lowest BCUT2D eigenvalue weighted by Gasteiger charge is -1.96. The third kappa shape index (κ3) is 1.91. The number of hydrogen-bond acceptors (Lipinski definition) is 1. The summed E-state index contributed by atoms with van der Waals surface area (Å²) < 4.78 is 0. The van der Waals surface area contributed by atoms with Gasteiger partial charge in [-0.3, -0.25) is 0 Å². The minimum absolute atomic E-state index is 0.334. The van der Waals surface area contributed by atoms with Gasteiger partial charge in [0, 0.05) is 17.3 Å². The highest BCUT2D eigenvalue weighted by molar-refractivity contribution is 5.92. The van der Waals surface area contributed by atoms with Gasteiger partial charge >= 0.3 is 5.97 Å². The van der Waals surface area contributed by atoms with Crippen molar-refractivity contribution in [2.45, 2.75) is 6.92 Å². The number of aromatic amines is 1. The number of nitrogens with one attached hydrogen (secondary N) is 1. The van der Waals surface area contributed by atoms with Gasteiger partial charge in [-0.25, -0.2) is 4.79 Å². The number of carbonyl (C=O) groups is 1. The van der Waals surface area contributed by atoms with E-state index in [9.17, 15) is 4.79 Å². The van der Waals surface area contributed by atoms with Gasteiger partial charge in [0.15, 0.2) is 0 Å². The van der Waals surface area contributed by atoms with Crippen LogP contribution in [0.5, 0.6) is 0 Å². The molecule has 0 aliphatic rings. The Balaban J connectivity index is 2.44. The van der Waals surface area contributed by atoms with E-state index in [4.69, 9.17) is 5.11 Å². The maximum atomic E-state index is 10.6. The van der Waals surface area contributed by atoms with E-state index in [1.165, 1.54) is 0 Å². The molecule has 0 spiro atoms. The van der Waals surface area contributed by atoms with E-state index in [0.29, 0.717) is 5.57 Å². The monoisotopic (exact) mass is 201 g/mol. The second-order valence-corrected chi connectivity index (χ2v) is 3.46. The van der Waals surface area contributed by atoms with E-state index in [2.05, 4.69) is 4.98 Å². The molecular formula is C12H11NO2. The van der Waals surface area contributed by atoms with Gasteiger partial charge in [0.1, 0.15) is 0 Å². The number of aliphatic carboxylic acids is 1. The Morgan fingerprint density at radius 2 is 2.20 bits per heavy atom. The van der Waals surface area contributed by atoms with Gasteiger partial charge in [-0.1, -0.05) is 12.1 Å². The van der Waals surface area contributed by atoms with Crippen LogP contribution in [0.15, 0.2) is 36.0 Å². The summed E-state index contributed by atoms with van der Waals surface area (Å²) in [6.45, 7) is 1.58. The number of carboxylic acids is 1. The van der Waals surface area contributed by atoms with Crippen molar-refractivity contribution in [1.29, 1.82) is 0 Å². The molecule has 2 N–H and O–H groups in total. The van der Waals surface area contributed by atoms with Crippen LogP contribution < -0.4 is 0 Å². The van der Waals surface area contributed by atoms with Gasteiger partial charge in [-0.15, -0.1) is 0 Å². The quantitative estimate of drug-likeness (QED) is 0.734. The van der Waals surface area contributed by atoms with Crippen molar-refractivity contribution in [3.63, 3.8) is 0 Å². The highest BCUT2D eigenvalue weighted by atomic mass is 16.4. The van der Waals surface area contributed by atoms with E-state index in [-0.39, 0.29) is 0 Å². The highest BCUT2D eigenvalue weighted by Gasteiger charge is 2.00. The minimum Gasteiger partial charge on any atom is -0.478 e. The molecule has 0 aliphatic carbocycles. The first kappa shape index (κ1) is 9.52. The molecule has 76 valence electrons. The lowest BCUT2D eigenvalue weighted by atomic mass is 10.1. The van der Waals surface area contributed by atoms with Crippen LogP contribution in [-0.4, -0.2) is 16.1 Å². The largest absolute Gasteiger partial charge is 0.478 e. The Morgan fingerprint density at radius 3 is 2.93 bits per heavy atom. The van der Waals surface area contributed by atoms with E-state index in [1.54, 1.807) is 13.0 Å². The molecule has 0 aliphatic heterocycles. The van der Waals surface area contributed by atoms with Gasteiger partial charge in [-0.2, -0.15) is 0 Å². The van der Waals surface area contributed by atoms with Crippen LogP contribution in [0, 0.1) is 0 Å². The van der Waals surface area contributed by atoms with Gasteiger partial charge < -0.3 is 10.1 Å². The highest BCUT2D eigenvalue weighted by Crippen LogP contribution is 2.16. The molecule has 0 amide bonds. The van der Waals surface area contributed by atoms with Crippen LogP contribution in [0.4, 0.5) is 0 Å².